The standard InChI is InChI=1S/C22H34N6O3/c1-29-15-14-28-22(23-24-25-28)21(17-8-9-19(30-2)20(16-17)31-3)27-12-10-26(11-13-27)18-6-4-5-7-18/h8-9,16,18,21H,4-7,10-15H2,1-3H3/t21-/m1/s1. The molecule has 0 spiro atoms. The molecule has 170 valence electrons. The number of tetrazole rings is 1. The second kappa shape index (κ2) is 10.4. The number of rotatable bonds is 9. The van der Waals surface area contributed by atoms with Gasteiger partial charge in [-0.2, -0.15) is 0 Å². The zero-order chi connectivity index (χ0) is 21.6. The van der Waals surface area contributed by atoms with Crippen molar-refractivity contribution in [3.63, 3.8) is 0 Å². The van der Waals surface area contributed by atoms with Crippen molar-refractivity contribution in [3.8, 4) is 11.5 Å². The second-order valence-corrected chi connectivity index (χ2v) is 8.28. The van der Waals surface area contributed by atoms with Gasteiger partial charge in [0.15, 0.2) is 17.3 Å². The Morgan fingerprint density at radius 1 is 1.00 bits per heavy atom. The van der Waals surface area contributed by atoms with Gasteiger partial charge in [0.05, 0.1) is 33.4 Å². The minimum Gasteiger partial charge on any atom is -0.493 e. The molecule has 0 amide bonds. The van der Waals surface area contributed by atoms with E-state index in [1.165, 1.54) is 25.7 Å². The summed E-state index contributed by atoms with van der Waals surface area (Å²) in [6, 6.07) is 6.79. The molecule has 2 aromatic rings. The molecule has 31 heavy (non-hydrogen) atoms. The Bertz CT molecular complexity index is 830. The molecule has 2 aliphatic rings. The van der Waals surface area contributed by atoms with Crippen LogP contribution in [0.4, 0.5) is 0 Å². The van der Waals surface area contributed by atoms with E-state index in [1.807, 2.05) is 16.8 Å². The molecule has 2 fully saturated rings. The van der Waals surface area contributed by atoms with Crippen molar-refractivity contribution in [1.82, 2.24) is 30.0 Å². The maximum Gasteiger partial charge on any atom is 0.173 e. The smallest absolute Gasteiger partial charge is 0.173 e. The Morgan fingerprint density at radius 3 is 2.42 bits per heavy atom. The summed E-state index contributed by atoms with van der Waals surface area (Å²) in [4.78, 5) is 5.16. The first-order chi connectivity index (χ1) is 15.2. The van der Waals surface area contributed by atoms with Gasteiger partial charge in [-0.05, 0) is 41.0 Å². The quantitative estimate of drug-likeness (QED) is 0.598. The Morgan fingerprint density at radius 2 is 1.74 bits per heavy atom. The van der Waals surface area contributed by atoms with E-state index in [2.05, 4.69) is 31.4 Å². The van der Waals surface area contributed by atoms with E-state index in [9.17, 15) is 0 Å². The fraction of sp³-hybridized carbons (Fsp3) is 0.682. The van der Waals surface area contributed by atoms with Crippen molar-refractivity contribution in [2.24, 2.45) is 0 Å². The summed E-state index contributed by atoms with van der Waals surface area (Å²) in [5, 5.41) is 12.7. The van der Waals surface area contributed by atoms with Crippen LogP contribution < -0.4 is 9.47 Å². The lowest BCUT2D eigenvalue weighted by Crippen LogP contribution is -2.51. The summed E-state index contributed by atoms with van der Waals surface area (Å²) < 4.78 is 18.1. The first-order valence-electron chi connectivity index (χ1n) is 11.2. The SMILES string of the molecule is COCCn1nnnc1[C@@H](c1ccc(OC)c(OC)c1)N1CCN(C2CCCC2)CC1. The molecule has 1 atom stereocenters. The lowest BCUT2D eigenvalue weighted by atomic mass is 10.0. The average Bonchev–Trinajstić information content (AvgIpc) is 3.51. The van der Waals surface area contributed by atoms with Crippen LogP contribution in [0.1, 0.15) is 43.1 Å². The zero-order valence-electron chi connectivity index (χ0n) is 18.9. The van der Waals surface area contributed by atoms with Crippen molar-refractivity contribution in [1.29, 1.82) is 0 Å². The first kappa shape index (κ1) is 22.0. The van der Waals surface area contributed by atoms with Gasteiger partial charge in [-0.3, -0.25) is 9.80 Å². The summed E-state index contributed by atoms with van der Waals surface area (Å²) in [7, 11) is 5.01. The van der Waals surface area contributed by atoms with E-state index < -0.39 is 0 Å². The second-order valence-electron chi connectivity index (χ2n) is 8.28. The minimum absolute atomic E-state index is 0.0580. The lowest BCUT2D eigenvalue weighted by Gasteiger charge is -2.41. The lowest BCUT2D eigenvalue weighted by molar-refractivity contribution is 0.0762. The number of aromatic nitrogens is 4. The molecule has 0 N–H and O–H groups in total. The van der Waals surface area contributed by atoms with Crippen LogP contribution in [-0.2, 0) is 11.3 Å². The summed E-state index contributed by atoms with van der Waals surface area (Å²) in [5.74, 6) is 2.26. The Hall–Kier alpha value is -2.23. The fourth-order valence-corrected chi connectivity index (χ4v) is 4.92. The number of hydrogen-bond donors (Lipinski definition) is 0. The predicted octanol–water partition coefficient (Wildman–Crippen LogP) is 1.99. The van der Waals surface area contributed by atoms with Gasteiger partial charge in [0.25, 0.3) is 0 Å². The number of methoxy groups -OCH3 is 3. The molecule has 1 aliphatic heterocycles. The number of hydrogen-bond acceptors (Lipinski definition) is 8. The first-order valence-corrected chi connectivity index (χ1v) is 11.2. The molecule has 1 aromatic carbocycles. The van der Waals surface area contributed by atoms with E-state index in [4.69, 9.17) is 14.2 Å². The van der Waals surface area contributed by atoms with Gasteiger partial charge in [0, 0.05) is 39.3 Å². The Kier molecular flexibility index (Phi) is 7.37. The molecular formula is C22H34N6O3. The zero-order valence-corrected chi connectivity index (χ0v) is 18.9. The van der Waals surface area contributed by atoms with Gasteiger partial charge in [0.2, 0.25) is 0 Å². The van der Waals surface area contributed by atoms with Crippen LogP contribution in [0.15, 0.2) is 18.2 Å². The predicted molar refractivity (Wildman–Crippen MR) is 116 cm³/mol. The van der Waals surface area contributed by atoms with E-state index in [0.717, 1.165) is 49.4 Å². The Labute approximate surface area is 184 Å². The highest BCUT2D eigenvalue weighted by molar-refractivity contribution is 5.45. The average molecular weight is 431 g/mol. The van der Waals surface area contributed by atoms with Crippen LogP contribution in [-0.4, -0.2) is 90.2 Å². The number of nitrogens with zero attached hydrogens (tertiary/aromatic N) is 6. The summed E-state index contributed by atoms with van der Waals surface area (Å²) in [6.45, 7) is 5.29. The highest BCUT2D eigenvalue weighted by atomic mass is 16.5. The van der Waals surface area contributed by atoms with E-state index in [-0.39, 0.29) is 6.04 Å². The third kappa shape index (κ3) is 4.83. The van der Waals surface area contributed by atoms with Crippen molar-refractivity contribution in [2.75, 3.05) is 54.1 Å². The molecule has 9 heteroatoms. The molecule has 4 rings (SSSR count). The Balaban J connectivity index is 1.61. The molecule has 0 radical (unpaired) electrons. The van der Waals surface area contributed by atoms with Gasteiger partial charge in [0.1, 0.15) is 0 Å². The van der Waals surface area contributed by atoms with Gasteiger partial charge in [-0.1, -0.05) is 18.9 Å². The molecule has 0 bridgehead atoms. The van der Waals surface area contributed by atoms with Crippen LogP contribution in [0.25, 0.3) is 0 Å². The maximum atomic E-state index is 5.58. The highest BCUT2D eigenvalue weighted by Crippen LogP contribution is 2.35. The molecule has 1 aliphatic carbocycles. The van der Waals surface area contributed by atoms with Crippen LogP contribution >= 0.6 is 0 Å². The summed E-state index contributed by atoms with van der Waals surface area (Å²) in [5.41, 5.74) is 1.10. The molecule has 1 aromatic heterocycles. The van der Waals surface area contributed by atoms with Gasteiger partial charge in [-0.25, -0.2) is 4.68 Å². The fourth-order valence-electron chi connectivity index (χ4n) is 4.92. The molecule has 1 saturated carbocycles. The van der Waals surface area contributed by atoms with Crippen LogP contribution in [0, 0.1) is 0 Å². The topological polar surface area (TPSA) is 77.8 Å². The summed E-state index contributed by atoms with van der Waals surface area (Å²) in [6.07, 6.45) is 5.42. The van der Waals surface area contributed by atoms with E-state index >= 15 is 0 Å². The van der Waals surface area contributed by atoms with E-state index in [0.29, 0.717) is 18.9 Å². The van der Waals surface area contributed by atoms with Gasteiger partial charge in [-0.15, -0.1) is 5.10 Å². The van der Waals surface area contributed by atoms with Gasteiger partial charge >= 0.3 is 0 Å². The summed E-state index contributed by atoms with van der Waals surface area (Å²) >= 11 is 0. The van der Waals surface area contributed by atoms with Crippen molar-refractivity contribution in [2.45, 2.75) is 44.3 Å². The molecule has 2 heterocycles. The molecule has 9 nitrogen and oxygen atoms in total. The number of piperazine rings is 1. The molecule has 0 unspecified atom stereocenters. The van der Waals surface area contributed by atoms with E-state index in [1.54, 1.807) is 21.3 Å². The van der Waals surface area contributed by atoms with Crippen LogP contribution in [0.5, 0.6) is 11.5 Å². The largest absolute Gasteiger partial charge is 0.493 e. The number of benzene rings is 1. The van der Waals surface area contributed by atoms with Crippen LogP contribution in [0.2, 0.25) is 0 Å². The maximum absolute atomic E-state index is 5.58. The van der Waals surface area contributed by atoms with Crippen molar-refractivity contribution < 1.29 is 14.2 Å². The van der Waals surface area contributed by atoms with Crippen molar-refractivity contribution in [3.05, 3.63) is 29.6 Å². The monoisotopic (exact) mass is 430 g/mol. The minimum atomic E-state index is -0.0580. The molecular weight excluding hydrogens is 396 g/mol. The highest BCUT2D eigenvalue weighted by Gasteiger charge is 2.33. The number of ether oxygens (including phenoxy) is 3. The van der Waals surface area contributed by atoms with Crippen LogP contribution in [0.3, 0.4) is 0 Å². The third-order valence-electron chi connectivity index (χ3n) is 6.59. The normalized spacial score (nSPS) is 19.6. The third-order valence-corrected chi connectivity index (χ3v) is 6.59. The van der Waals surface area contributed by atoms with Crippen molar-refractivity contribution >= 4 is 0 Å². The van der Waals surface area contributed by atoms with Gasteiger partial charge < -0.3 is 14.2 Å². The molecule has 1 saturated heterocycles.